The van der Waals surface area contributed by atoms with E-state index < -0.39 is 0 Å². The van der Waals surface area contributed by atoms with Crippen molar-refractivity contribution in [3.63, 3.8) is 0 Å². The van der Waals surface area contributed by atoms with Crippen LogP contribution in [0.25, 0.3) is 0 Å². The monoisotopic (exact) mass is 263 g/mol. The first-order chi connectivity index (χ1) is 9.19. The van der Waals surface area contributed by atoms with Gasteiger partial charge in [0, 0.05) is 19.3 Å². The Morgan fingerprint density at radius 3 is 3.21 bits per heavy atom. The molecule has 4 N–H and O–H groups in total. The van der Waals surface area contributed by atoms with E-state index in [-0.39, 0.29) is 5.84 Å². The first-order valence-corrected chi connectivity index (χ1v) is 6.51. The van der Waals surface area contributed by atoms with E-state index in [0.29, 0.717) is 5.69 Å². The summed E-state index contributed by atoms with van der Waals surface area (Å²) >= 11 is 0. The highest BCUT2D eigenvalue weighted by atomic mass is 16.4. The zero-order valence-electron chi connectivity index (χ0n) is 11.2. The SMILES string of the molecule is CN1CCC(CNCc2ccnc(C(N)=NO)c2)C1. The molecule has 1 fully saturated rings. The molecule has 0 spiro atoms. The lowest BCUT2D eigenvalue weighted by Crippen LogP contribution is -2.25. The van der Waals surface area contributed by atoms with Gasteiger partial charge in [-0.05, 0) is 50.2 Å². The van der Waals surface area contributed by atoms with Gasteiger partial charge in [0.15, 0.2) is 5.84 Å². The summed E-state index contributed by atoms with van der Waals surface area (Å²) in [5.74, 6) is 0.773. The molecule has 1 aromatic rings. The second-order valence-corrected chi connectivity index (χ2v) is 5.08. The minimum atomic E-state index is 0.0410. The lowest BCUT2D eigenvalue weighted by atomic mass is 10.1. The van der Waals surface area contributed by atoms with Crippen LogP contribution in [-0.2, 0) is 6.54 Å². The number of hydrogen-bond donors (Lipinski definition) is 3. The van der Waals surface area contributed by atoms with E-state index in [0.717, 1.165) is 24.6 Å². The van der Waals surface area contributed by atoms with Crippen LogP contribution in [0, 0.1) is 5.92 Å². The Morgan fingerprint density at radius 2 is 2.53 bits per heavy atom. The number of nitrogens with one attached hydrogen (secondary N) is 1. The van der Waals surface area contributed by atoms with E-state index in [1.54, 1.807) is 6.20 Å². The van der Waals surface area contributed by atoms with Crippen molar-refractivity contribution in [2.24, 2.45) is 16.8 Å². The standard InChI is InChI=1S/C13H21N5O/c1-18-5-3-11(9-18)8-15-7-10-2-4-16-12(6-10)13(14)17-19/h2,4,6,11,15,19H,3,5,7-9H2,1H3,(H2,14,17). The Bertz CT molecular complexity index is 448. The number of oxime groups is 1. The molecule has 0 aliphatic carbocycles. The molecular formula is C13H21N5O. The normalized spacial score (nSPS) is 20.9. The molecule has 0 aromatic carbocycles. The molecule has 2 rings (SSSR count). The average molecular weight is 263 g/mol. The van der Waals surface area contributed by atoms with Crippen molar-refractivity contribution in [2.75, 3.05) is 26.7 Å². The Labute approximate surface area is 113 Å². The van der Waals surface area contributed by atoms with Gasteiger partial charge in [-0.15, -0.1) is 0 Å². The summed E-state index contributed by atoms with van der Waals surface area (Å²) in [6.07, 6.45) is 2.93. The van der Waals surface area contributed by atoms with Crippen LogP contribution in [0.2, 0.25) is 0 Å². The maximum absolute atomic E-state index is 8.63. The topological polar surface area (TPSA) is 86.8 Å². The molecule has 1 saturated heterocycles. The van der Waals surface area contributed by atoms with Crippen molar-refractivity contribution in [3.05, 3.63) is 29.6 Å². The van der Waals surface area contributed by atoms with E-state index >= 15 is 0 Å². The van der Waals surface area contributed by atoms with E-state index in [2.05, 4.69) is 27.4 Å². The number of aromatic nitrogens is 1. The maximum Gasteiger partial charge on any atom is 0.188 e. The first kappa shape index (κ1) is 13.8. The van der Waals surface area contributed by atoms with E-state index in [4.69, 9.17) is 10.9 Å². The van der Waals surface area contributed by atoms with Crippen molar-refractivity contribution in [2.45, 2.75) is 13.0 Å². The summed E-state index contributed by atoms with van der Waals surface area (Å²) in [6.45, 7) is 4.15. The summed E-state index contributed by atoms with van der Waals surface area (Å²) in [6, 6.07) is 3.77. The van der Waals surface area contributed by atoms with Gasteiger partial charge in [-0.25, -0.2) is 0 Å². The summed E-state index contributed by atoms with van der Waals surface area (Å²) in [7, 11) is 2.16. The summed E-state index contributed by atoms with van der Waals surface area (Å²) in [5, 5.41) is 15.0. The van der Waals surface area contributed by atoms with Gasteiger partial charge in [-0.3, -0.25) is 4.98 Å². The second-order valence-electron chi connectivity index (χ2n) is 5.08. The van der Waals surface area contributed by atoms with Gasteiger partial charge < -0.3 is 21.2 Å². The van der Waals surface area contributed by atoms with Gasteiger partial charge >= 0.3 is 0 Å². The van der Waals surface area contributed by atoms with Gasteiger partial charge in [0.25, 0.3) is 0 Å². The zero-order chi connectivity index (χ0) is 13.7. The van der Waals surface area contributed by atoms with Crippen LogP contribution in [-0.4, -0.2) is 47.6 Å². The molecule has 0 saturated carbocycles. The van der Waals surface area contributed by atoms with Gasteiger partial charge in [0.05, 0.1) is 0 Å². The number of amidine groups is 1. The summed E-state index contributed by atoms with van der Waals surface area (Å²) in [4.78, 5) is 6.41. The van der Waals surface area contributed by atoms with Crippen LogP contribution in [0.15, 0.2) is 23.5 Å². The highest BCUT2D eigenvalue weighted by Gasteiger charge is 2.18. The molecule has 0 radical (unpaired) electrons. The Morgan fingerprint density at radius 1 is 1.68 bits per heavy atom. The molecule has 6 nitrogen and oxygen atoms in total. The molecule has 2 heterocycles. The fourth-order valence-corrected chi connectivity index (χ4v) is 2.39. The molecule has 104 valence electrons. The van der Waals surface area contributed by atoms with E-state index in [1.807, 2.05) is 12.1 Å². The van der Waals surface area contributed by atoms with Crippen molar-refractivity contribution in [1.29, 1.82) is 0 Å². The van der Waals surface area contributed by atoms with Crippen molar-refractivity contribution in [1.82, 2.24) is 15.2 Å². The van der Waals surface area contributed by atoms with Crippen molar-refractivity contribution >= 4 is 5.84 Å². The van der Waals surface area contributed by atoms with Crippen LogP contribution >= 0.6 is 0 Å². The molecule has 1 unspecified atom stereocenters. The van der Waals surface area contributed by atoms with Crippen LogP contribution in [0.1, 0.15) is 17.7 Å². The third-order valence-electron chi connectivity index (χ3n) is 3.45. The Balaban J connectivity index is 1.83. The molecule has 0 amide bonds. The van der Waals surface area contributed by atoms with E-state index in [9.17, 15) is 0 Å². The van der Waals surface area contributed by atoms with Crippen molar-refractivity contribution in [3.8, 4) is 0 Å². The predicted molar refractivity (Wildman–Crippen MR) is 74.1 cm³/mol. The smallest absolute Gasteiger partial charge is 0.188 e. The third kappa shape index (κ3) is 3.90. The molecule has 19 heavy (non-hydrogen) atoms. The molecular weight excluding hydrogens is 242 g/mol. The van der Waals surface area contributed by atoms with Crippen LogP contribution < -0.4 is 11.1 Å². The van der Waals surface area contributed by atoms with Crippen LogP contribution in [0.4, 0.5) is 0 Å². The number of rotatable bonds is 5. The van der Waals surface area contributed by atoms with Gasteiger partial charge in [-0.1, -0.05) is 5.16 Å². The van der Waals surface area contributed by atoms with Gasteiger partial charge in [0.1, 0.15) is 5.69 Å². The molecule has 1 aliphatic rings. The average Bonchev–Trinajstić information content (AvgIpc) is 2.84. The predicted octanol–water partition coefficient (Wildman–Crippen LogP) is 0.217. The minimum absolute atomic E-state index is 0.0410. The zero-order valence-corrected chi connectivity index (χ0v) is 11.2. The molecule has 6 heteroatoms. The largest absolute Gasteiger partial charge is 0.409 e. The molecule has 1 atom stereocenters. The number of likely N-dealkylation sites (tertiary alicyclic amines) is 1. The van der Waals surface area contributed by atoms with Gasteiger partial charge in [-0.2, -0.15) is 0 Å². The fraction of sp³-hybridized carbons (Fsp3) is 0.538. The molecule has 0 bridgehead atoms. The number of pyridine rings is 1. The number of nitrogens with zero attached hydrogens (tertiary/aromatic N) is 3. The number of nitrogens with two attached hydrogens (primary N) is 1. The Kier molecular flexibility index (Phi) is 4.70. The third-order valence-corrected chi connectivity index (χ3v) is 3.45. The number of hydrogen-bond acceptors (Lipinski definition) is 5. The molecule has 1 aromatic heterocycles. The van der Waals surface area contributed by atoms with Crippen molar-refractivity contribution < 1.29 is 5.21 Å². The fourth-order valence-electron chi connectivity index (χ4n) is 2.39. The highest BCUT2D eigenvalue weighted by molar-refractivity contribution is 5.95. The summed E-state index contributed by atoms with van der Waals surface area (Å²) < 4.78 is 0. The lowest BCUT2D eigenvalue weighted by molar-refractivity contribution is 0.318. The van der Waals surface area contributed by atoms with Crippen LogP contribution in [0.5, 0.6) is 0 Å². The minimum Gasteiger partial charge on any atom is -0.409 e. The second kappa shape index (κ2) is 6.49. The molecule has 1 aliphatic heterocycles. The van der Waals surface area contributed by atoms with Gasteiger partial charge in [0.2, 0.25) is 0 Å². The lowest BCUT2D eigenvalue weighted by Gasteiger charge is -2.12. The Hall–Kier alpha value is -1.66. The maximum atomic E-state index is 8.63. The van der Waals surface area contributed by atoms with Crippen LogP contribution in [0.3, 0.4) is 0 Å². The summed E-state index contributed by atoms with van der Waals surface area (Å²) in [5.41, 5.74) is 7.11. The first-order valence-electron chi connectivity index (χ1n) is 6.51. The quantitative estimate of drug-likeness (QED) is 0.306. The van der Waals surface area contributed by atoms with E-state index in [1.165, 1.54) is 19.5 Å². The highest BCUT2D eigenvalue weighted by Crippen LogP contribution is 2.13.